The van der Waals surface area contributed by atoms with Crippen molar-refractivity contribution in [1.29, 1.82) is 0 Å². The van der Waals surface area contributed by atoms with Crippen LogP contribution in [0.3, 0.4) is 0 Å². The van der Waals surface area contributed by atoms with E-state index in [0.717, 1.165) is 0 Å². The van der Waals surface area contributed by atoms with Gasteiger partial charge in [-0.1, -0.05) is 11.6 Å². The van der Waals surface area contributed by atoms with E-state index in [0.29, 0.717) is 43.1 Å². The molecule has 0 aliphatic carbocycles. The highest BCUT2D eigenvalue weighted by Crippen LogP contribution is 2.29. The highest BCUT2D eigenvalue weighted by Gasteiger charge is 2.38. The van der Waals surface area contributed by atoms with Gasteiger partial charge in [0, 0.05) is 17.4 Å². The summed E-state index contributed by atoms with van der Waals surface area (Å²) in [7, 11) is 0. The van der Waals surface area contributed by atoms with Gasteiger partial charge < -0.3 is 15.2 Å². The summed E-state index contributed by atoms with van der Waals surface area (Å²) in [5.41, 5.74) is 0.322. The van der Waals surface area contributed by atoms with Gasteiger partial charge in [0.1, 0.15) is 17.9 Å². The van der Waals surface area contributed by atoms with Crippen LogP contribution in [0.1, 0.15) is 26.2 Å². The molecule has 1 aromatic rings. The molecule has 0 radical (unpaired) electrons. The summed E-state index contributed by atoms with van der Waals surface area (Å²) in [5.74, 6) is -0.439. The largest absolute Gasteiger partial charge is 0.506 e. The number of hydrogen-bond donors (Lipinski definition) is 2. The van der Waals surface area contributed by atoms with Crippen LogP contribution in [0, 0.1) is 5.92 Å². The van der Waals surface area contributed by atoms with Gasteiger partial charge in [0.05, 0.1) is 5.69 Å². The number of ether oxygens (including phenoxy) is 1. The molecule has 7 heteroatoms. The SMILES string of the molecule is C[C@H]1C[C@@H](N2CCC(C(=O)Nc3cc(Cl)ccc3O)CC2)C(=O)O1. The van der Waals surface area contributed by atoms with Crippen molar-refractivity contribution < 1.29 is 19.4 Å². The van der Waals surface area contributed by atoms with Gasteiger partial charge in [0.2, 0.25) is 5.91 Å². The Morgan fingerprint density at radius 1 is 1.38 bits per heavy atom. The van der Waals surface area contributed by atoms with Gasteiger partial charge in [0.15, 0.2) is 0 Å². The van der Waals surface area contributed by atoms with Crippen molar-refractivity contribution in [3.05, 3.63) is 23.2 Å². The molecule has 24 heavy (non-hydrogen) atoms. The van der Waals surface area contributed by atoms with Crippen molar-refractivity contribution >= 4 is 29.2 Å². The molecule has 0 aromatic heterocycles. The third kappa shape index (κ3) is 3.65. The normalized spacial score (nSPS) is 25.5. The molecule has 2 aliphatic heterocycles. The van der Waals surface area contributed by atoms with E-state index in [4.69, 9.17) is 16.3 Å². The number of esters is 1. The third-order valence-corrected chi connectivity index (χ3v) is 4.94. The monoisotopic (exact) mass is 352 g/mol. The van der Waals surface area contributed by atoms with Crippen molar-refractivity contribution in [2.45, 2.75) is 38.3 Å². The maximum absolute atomic E-state index is 12.4. The van der Waals surface area contributed by atoms with E-state index in [9.17, 15) is 14.7 Å². The fourth-order valence-corrected chi connectivity index (χ4v) is 3.52. The molecule has 2 aliphatic rings. The van der Waals surface area contributed by atoms with Crippen LogP contribution in [0.4, 0.5) is 5.69 Å². The van der Waals surface area contributed by atoms with Crippen LogP contribution in [-0.2, 0) is 14.3 Å². The van der Waals surface area contributed by atoms with Crippen molar-refractivity contribution in [2.75, 3.05) is 18.4 Å². The minimum atomic E-state index is -0.180. The molecule has 2 fully saturated rings. The Balaban J connectivity index is 1.55. The smallest absolute Gasteiger partial charge is 0.323 e. The summed E-state index contributed by atoms with van der Waals surface area (Å²) < 4.78 is 5.20. The summed E-state index contributed by atoms with van der Waals surface area (Å²) in [5, 5.41) is 13.0. The van der Waals surface area contributed by atoms with Gasteiger partial charge in [-0.25, -0.2) is 0 Å². The number of aromatic hydroxyl groups is 1. The molecule has 2 heterocycles. The highest BCUT2D eigenvalue weighted by atomic mass is 35.5. The standard InChI is InChI=1S/C17H21ClN2O4/c1-10-8-14(17(23)24-10)20-6-4-11(5-7-20)16(22)19-13-9-12(18)2-3-15(13)21/h2-3,9-11,14,21H,4-8H2,1H3,(H,19,22)/t10-,14+/m0/s1. The van der Waals surface area contributed by atoms with Crippen LogP contribution >= 0.6 is 11.6 Å². The summed E-state index contributed by atoms with van der Waals surface area (Å²) in [6, 6.07) is 4.36. The average molecular weight is 353 g/mol. The second-order valence-electron chi connectivity index (χ2n) is 6.46. The predicted octanol–water partition coefficient (Wildman–Crippen LogP) is 2.40. The van der Waals surface area contributed by atoms with Gasteiger partial charge in [-0.05, 0) is 51.1 Å². The Bertz CT molecular complexity index is 643. The number of likely N-dealkylation sites (tertiary alicyclic amines) is 1. The third-order valence-electron chi connectivity index (χ3n) is 4.70. The van der Waals surface area contributed by atoms with Crippen molar-refractivity contribution in [3.63, 3.8) is 0 Å². The van der Waals surface area contributed by atoms with Crippen molar-refractivity contribution in [1.82, 2.24) is 4.90 Å². The van der Waals surface area contributed by atoms with Crippen molar-refractivity contribution in [3.8, 4) is 5.75 Å². The summed E-state index contributed by atoms with van der Waals surface area (Å²) in [6.45, 7) is 3.27. The predicted molar refractivity (Wildman–Crippen MR) is 90.0 cm³/mol. The lowest BCUT2D eigenvalue weighted by molar-refractivity contribution is -0.145. The molecule has 6 nitrogen and oxygen atoms in total. The second kappa shape index (κ2) is 6.99. The minimum Gasteiger partial charge on any atom is -0.506 e. The molecule has 1 amide bonds. The van der Waals surface area contributed by atoms with Crippen LogP contribution < -0.4 is 5.32 Å². The average Bonchev–Trinajstić information content (AvgIpc) is 2.89. The molecular formula is C17H21ClN2O4. The summed E-state index contributed by atoms with van der Waals surface area (Å²) >= 11 is 5.89. The lowest BCUT2D eigenvalue weighted by Gasteiger charge is -2.33. The van der Waals surface area contributed by atoms with Crippen LogP contribution in [-0.4, -0.2) is 47.1 Å². The van der Waals surface area contributed by atoms with Crippen LogP contribution in [0.25, 0.3) is 0 Å². The summed E-state index contributed by atoms with van der Waals surface area (Å²) in [6.07, 6.45) is 2.03. The van der Waals surface area contributed by atoms with E-state index < -0.39 is 0 Å². The molecule has 2 saturated heterocycles. The minimum absolute atomic E-state index is 0.00660. The van der Waals surface area contributed by atoms with E-state index in [1.54, 1.807) is 6.07 Å². The van der Waals surface area contributed by atoms with Gasteiger partial charge in [0.25, 0.3) is 0 Å². The van der Waals surface area contributed by atoms with Gasteiger partial charge >= 0.3 is 5.97 Å². The molecule has 3 rings (SSSR count). The Hall–Kier alpha value is -1.79. The Kier molecular flexibility index (Phi) is 4.96. The van der Waals surface area contributed by atoms with Crippen LogP contribution in [0.2, 0.25) is 5.02 Å². The molecule has 0 unspecified atom stereocenters. The molecular weight excluding hydrogens is 332 g/mol. The number of phenols is 1. The maximum Gasteiger partial charge on any atom is 0.323 e. The number of anilines is 1. The lowest BCUT2D eigenvalue weighted by Crippen LogP contribution is -2.45. The first-order chi connectivity index (χ1) is 11.4. The van der Waals surface area contributed by atoms with Gasteiger partial charge in [-0.15, -0.1) is 0 Å². The zero-order valence-electron chi connectivity index (χ0n) is 13.5. The zero-order chi connectivity index (χ0) is 17.3. The number of piperidine rings is 1. The van der Waals surface area contributed by atoms with E-state index in [1.165, 1.54) is 12.1 Å². The van der Waals surface area contributed by atoms with E-state index in [-0.39, 0.29) is 35.7 Å². The fourth-order valence-electron chi connectivity index (χ4n) is 3.35. The van der Waals surface area contributed by atoms with Crippen LogP contribution in [0.15, 0.2) is 18.2 Å². The molecule has 2 N–H and O–H groups in total. The Morgan fingerprint density at radius 2 is 2.08 bits per heavy atom. The lowest BCUT2D eigenvalue weighted by atomic mass is 9.94. The van der Waals surface area contributed by atoms with Crippen molar-refractivity contribution in [2.24, 2.45) is 5.92 Å². The second-order valence-corrected chi connectivity index (χ2v) is 6.90. The molecule has 0 spiro atoms. The number of nitrogens with zero attached hydrogens (tertiary/aromatic N) is 1. The number of halogens is 1. The first-order valence-electron chi connectivity index (χ1n) is 8.18. The quantitative estimate of drug-likeness (QED) is 0.645. The number of rotatable bonds is 3. The topological polar surface area (TPSA) is 78.9 Å². The fraction of sp³-hybridized carbons (Fsp3) is 0.529. The number of benzene rings is 1. The van der Waals surface area contributed by atoms with E-state index in [1.807, 2.05) is 6.92 Å². The van der Waals surface area contributed by atoms with Gasteiger partial charge in [-0.3, -0.25) is 14.5 Å². The molecule has 0 bridgehead atoms. The first-order valence-corrected chi connectivity index (χ1v) is 8.56. The number of nitrogens with one attached hydrogen (secondary N) is 1. The number of cyclic esters (lactones) is 1. The number of amides is 1. The van der Waals surface area contributed by atoms with E-state index >= 15 is 0 Å². The maximum atomic E-state index is 12.4. The molecule has 130 valence electrons. The number of carbonyl (C=O) groups is 2. The van der Waals surface area contributed by atoms with Crippen LogP contribution in [0.5, 0.6) is 5.75 Å². The van der Waals surface area contributed by atoms with E-state index in [2.05, 4.69) is 10.2 Å². The Labute approximate surface area is 145 Å². The molecule has 0 saturated carbocycles. The number of phenolic OH excluding ortho intramolecular Hbond substituents is 1. The highest BCUT2D eigenvalue weighted by molar-refractivity contribution is 6.31. The van der Waals surface area contributed by atoms with Gasteiger partial charge in [-0.2, -0.15) is 0 Å². The number of hydrogen-bond acceptors (Lipinski definition) is 5. The number of carbonyl (C=O) groups excluding carboxylic acids is 2. The molecule has 1 aromatic carbocycles. The molecule has 2 atom stereocenters. The summed E-state index contributed by atoms with van der Waals surface area (Å²) in [4.78, 5) is 26.3. The Morgan fingerprint density at radius 3 is 2.71 bits per heavy atom. The zero-order valence-corrected chi connectivity index (χ0v) is 14.3. The first kappa shape index (κ1) is 17.0.